The third-order valence-corrected chi connectivity index (χ3v) is 4.65. The highest BCUT2D eigenvalue weighted by atomic mass is 32.2. The summed E-state index contributed by atoms with van der Waals surface area (Å²) in [5, 5.41) is 2.90. The van der Waals surface area contributed by atoms with Crippen molar-refractivity contribution < 1.29 is 17.9 Å². The fourth-order valence-corrected chi connectivity index (χ4v) is 3.37. The van der Waals surface area contributed by atoms with Gasteiger partial charge in [0.25, 0.3) is 0 Å². The van der Waals surface area contributed by atoms with E-state index in [0.29, 0.717) is 26.2 Å². The number of nitrogens with zero attached hydrogens (tertiary/aromatic N) is 1. The van der Waals surface area contributed by atoms with Crippen LogP contribution in [0.15, 0.2) is 0 Å². The molecule has 23 heavy (non-hydrogen) atoms. The lowest BCUT2D eigenvalue weighted by Crippen LogP contribution is -2.57. The molecule has 0 spiro atoms. The van der Waals surface area contributed by atoms with Crippen LogP contribution in [0, 0.1) is 5.92 Å². The van der Waals surface area contributed by atoms with Crippen molar-refractivity contribution in [3.8, 4) is 0 Å². The van der Waals surface area contributed by atoms with E-state index in [0.717, 1.165) is 19.3 Å². The van der Waals surface area contributed by atoms with Crippen LogP contribution in [0.4, 0.5) is 0 Å². The summed E-state index contributed by atoms with van der Waals surface area (Å²) in [6, 6.07) is -0.731. The van der Waals surface area contributed by atoms with Crippen molar-refractivity contribution in [3.63, 3.8) is 0 Å². The van der Waals surface area contributed by atoms with Crippen LogP contribution >= 0.6 is 0 Å². The number of sulfonamides is 1. The zero-order chi connectivity index (χ0) is 17.7. The van der Waals surface area contributed by atoms with Gasteiger partial charge in [-0.05, 0) is 26.2 Å². The number of hydrogen-bond donors (Lipinski definition) is 2. The molecule has 0 aliphatic carbocycles. The summed E-state index contributed by atoms with van der Waals surface area (Å²) in [4.78, 5) is 14.7. The second kappa shape index (κ2) is 8.41. The van der Waals surface area contributed by atoms with Crippen molar-refractivity contribution in [2.75, 3.05) is 39.1 Å². The highest BCUT2D eigenvalue weighted by Crippen LogP contribution is 2.15. The predicted molar refractivity (Wildman–Crippen MR) is 90.7 cm³/mol. The van der Waals surface area contributed by atoms with Crippen LogP contribution < -0.4 is 10.0 Å². The molecule has 1 heterocycles. The summed E-state index contributed by atoms with van der Waals surface area (Å²) >= 11 is 0. The number of nitrogens with one attached hydrogen (secondary N) is 2. The minimum absolute atomic E-state index is 0.201. The first kappa shape index (κ1) is 20.3. The number of ether oxygens (including phenoxy) is 1. The molecule has 1 atom stereocenters. The zero-order valence-electron chi connectivity index (χ0n) is 14.9. The lowest BCUT2D eigenvalue weighted by molar-refractivity contribution is -0.123. The second-order valence-electron chi connectivity index (χ2n) is 7.20. The highest BCUT2D eigenvalue weighted by Gasteiger charge is 2.30. The Balaban J connectivity index is 2.62. The molecule has 8 heteroatoms. The number of carbonyl (C=O) groups excluding carboxylic acids is 1. The molecule has 1 aliphatic rings. The van der Waals surface area contributed by atoms with Gasteiger partial charge in [0.05, 0.1) is 19.5 Å². The Morgan fingerprint density at radius 1 is 1.26 bits per heavy atom. The summed E-state index contributed by atoms with van der Waals surface area (Å²) in [6.45, 7) is 11.6. The second-order valence-corrected chi connectivity index (χ2v) is 8.98. The van der Waals surface area contributed by atoms with E-state index in [-0.39, 0.29) is 17.4 Å². The molecule has 1 amide bonds. The molecule has 136 valence electrons. The predicted octanol–water partition coefficient (Wildman–Crippen LogP) is 0.177. The topological polar surface area (TPSA) is 87.7 Å². The summed E-state index contributed by atoms with van der Waals surface area (Å²) in [5.74, 6) is -0.0577. The number of carbonyl (C=O) groups is 1. The lowest BCUT2D eigenvalue weighted by atomic mass is 10.0. The van der Waals surface area contributed by atoms with Crippen LogP contribution in [-0.2, 0) is 19.6 Å². The van der Waals surface area contributed by atoms with Crippen LogP contribution in [0.1, 0.15) is 34.1 Å². The quantitative estimate of drug-likeness (QED) is 0.653. The SMILES string of the molecule is CC(C)C[C@@H](NS(C)(=O)=O)C(=O)NCC(C)(C)N1CCOCC1. The van der Waals surface area contributed by atoms with E-state index in [1.807, 2.05) is 13.8 Å². The smallest absolute Gasteiger partial charge is 0.238 e. The summed E-state index contributed by atoms with van der Waals surface area (Å²) in [5.41, 5.74) is -0.201. The molecule has 0 saturated carbocycles. The van der Waals surface area contributed by atoms with Gasteiger partial charge >= 0.3 is 0 Å². The van der Waals surface area contributed by atoms with Crippen LogP contribution in [0.2, 0.25) is 0 Å². The molecule has 0 aromatic rings. The monoisotopic (exact) mass is 349 g/mol. The van der Waals surface area contributed by atoms with Gasteiger partial charge in [0.15, 0.2) is 0 Å². The molecule has 0 aromatic heterocycles. The Morgan fingerprint density at radius 3 is 2.30 bits per heavy atom. The molecular weight excluding hydrogens is 318 g/mol. The van der Waals surface area contributed by atoms with Crippen molar-refractivity contribution >= 4 is 15.9 Å². The average molecular weight is 349 g/mol. The molecule has 1 rings (SSSR count). The number of amides is 1. The summed E-state index contributed by atoms with van der Waals surface area (Å²) < 4.78 is 30.7. The third-order valence-electron chi connectivity index (χ3n) is 3.94. The van der Waals surface area contributed by atoms with Crippen molar-refractivity contribution in [2.24, 2.45) is 5.92 Å². The van der Waals surface area contributed by atoms with Crippen LogP contribution in [0.3, 0.4) is 0 Å². The van der Waals surface area contributed by atoms with E-state index >= 15 is 0 Å². The number of hydrogen-bond acceptors (Lipinski definition) is 5. The zero-order valence-corrected chi connectivity index (χ0v) is 15.7. The maximum Gasteiger partial charge on any atom is 0.238 e. The van der Waals surface area contributed by atoms with Gasteiger partial charge in [0.2, 0.25) is 15.9 Å². The normalized spacial score (nSPS) is 18.9. The first-order valence-electron chi connectivity index (χ1n) is 8.09. The Labute approximate surface area is 140 Å². The maximum atomic E-state index is 12.4. The molecule has 1 fully saturated rings. The van der Waals surface area contributed by atoms with Crippen LogP contribution in [0.5, 0.6) is 0 Å². The minimum atomic E-state index is -3.43. The van der Waals surface area contributed by atoms with Gasteiger partial charge in [-0.25, -0.2) is 13.1 Å². The van der Waals surface area contributed by atoms with Gasteiger partial charge in [0.1, 0.15) is 6.04 Å². The van der Waals surface area contributed by atoms with Crippen molar-refractivity contribution in [2.45, 2.75) is 45.7 Å². The van der Waals surface area contributed by atoms with E-state index in [1.165, 1.54) is 0 Å². The first-order chi connectivity index (χ1) is 10.5. The number of rotatable bonds is 8. The summed E-state index contributed by atoms with van der Waals surface area (Å²) in [7, 11) is -3.43. The van der Waals surface area contributed by atoms with Gasteiger partial charge in [-0.3, -0.25) is 9.69 Å². The minimum Gasteiger partial charge on any atom is -0.379 e. The van der Waals surface area contributed by atoms with Crippen molar-refractivity contribution in [1.29, 1.82) is 0 Å². The molecule has 1 aliphatic heterocycles. The standard InChI is InChI=1S/C15H31N3O4S/c1-12(2)10-13(17-23(5,20)21)14(19)16-11-15(3,4)18-6-8-22-9-7-18/h12-13,17H,6-11H2,1-5H3,(H,16,19)/t13-/m1/s1. The molecule has 1 saturated heterocycles. The fraction of sp³-hybridized carbons (Fsp3) is 0.933. The highest BCUT2D eigenvalue weighted by molar-refractivity contribution is 7.88. The van der Waals surface area contributed by atoms with Crippen molar-refractivity contribution in [1.82, 2.24) is 14.9 Å². The molecule has 0 aromatic carbocycles. The van der Waals surface area contributed by atoms with E-state index in [4.69, 9.17) is 4.74 Å². The van der Waals surface area contributed by atoms with Crippen molar-refractivity contribution in [3.05, 3.63) is 0 Å². The van der Waals surface area contributed by atoms with E-state index < -0.39 is 16.1 Å². The van der Waals surface area contributed by atoms with Gasteiger partial charge in [-0.15, -0.1) is 0 Å². The van der Waals surface area contributed by atoms with Gasteiger partial charge in [-0.2, -0.15) is 0 Å². The fourth-order valence-electron chi connectivity index (χ4n) is 2.65. The molecule has 7 nitrogen and oxygen atoms in total. The molecule has 0 bridgehead atoms. The van der Waals surface area contributed by atoms with E-state index in [2.05, 4.69) is 28.8 Å². The van der Waals surface area contributed by atoms with E-state index in [9.17, 15) is 13.2 Å². The Morgan fingerprint density at radius 2 is 1.83 bits per heavy atom. The van der Waals surface area contributed by atoms with E-state index in [1.54, 1.807) is 0 Å². The van der Waals surface area contributed by atoms with Gasteiger partial charge in [-0.1, -0.05) is 13.8 Å². The molecule has 0 radical (unpaired) electrons. The lowest BCUT2D eigenvalue weighted by Gasteiger charge is -2.41. The Kier molecular flexibility index (Phi) is 7.44. The Hall–Kier alpha value is -0.700. The maximum absolute atomic E-state index is 12.4. The average Bonchev–Trinajstić information content (AvgIpc) is 2.43. The molecule has 0 unspecified atom stereocenters. The van der Waals surface area contributed by atoms with Gasteiger partial charge in [0, 0.05) is 25.2 Å². The summed E-state index contributed by atoms with van der Waals surface area (Å²) in [6.07, 6.45) is 1.54. The molecule has 2 N–H and O–H groups in total. The third kappa shape index (κ3) is 7.60. The molecular formula is C15H31N3O4S. The van der Waals surface area contributed by atoms with Crippen LogP contribution in [-0.4, -0.2) is 69.9 Å². The van der Waals surface area contributed by atoms with Crippen LogP contribution in [0.25, 0.3) is 0 Å². The Bertz CT molecular complexity index is 485. The van der Waals surface area contributed by atoms with Gasteiger partial charge < -0.3 is 10.1 Å². The number of morpholine rings is 1. The first-order valence-corrected chi connectivity index (χ1v) is 9.98. The largest absolute Gasteiger partial charge is 0.379 e.